The van der Waals surface area contributed by atoms with Crippen LogP contribution in [0.4, 0.5) is 5.69 Å². The van der Waals surface area contributed by atoms with Crippen LogP contribution in [0.25, 0.3) is 0 Å². The fraction of sp³-hybridized carbons (Fsp3) is 0.600. The molecule has 0 radical (unpaired) electrons. The molecule has 1 aromatic carbocycles. The van der Waals surface area contributed by atoms with Gasteiger partial charge in [-0.1, -0.05) is 38.5 Å². The van der Waals surface area contributed by atoms with Gasteiger partial charge in [-0.2, -0.15) is 0 Å². The minimum absolute atomic E-state index is 0.602. The maximum atomic E-state index is 3.63. The van der Waals surface area contributed by atoms with Crippen molar-refractivity contribution in [1.82, 2.24) is 5.32 Å². The molecule has 0 aliphatic rings. The second-order valence-corrected chi connectivity index (χ2v) is 4.66. The number of likely N-dealkylation sites (N-methyl/N-ethyl adjacent to an activating group) is 1. The summed E-state index contributed by atoms with van der Waals surface area (Å²) in [5.41, 5.74) is 1.30. The van der Waals surface area contributed by atoms with E-state index in [9.17, 15) is 0 Å². The van der Waals surface area contributed by atoms with Crippen molar-refractivity contribution in [2.75, 3.05) is 25.0 Å². The van der Waals surface area contributed by atoms with Gasteiger partial charge in [-0.05, 0) is 31.5 Å². The van der Waals surface area contributed by atoms with Crippen molar-refractivity contribution in [3.8, 4) is 0 Å². The van der Waals surface area contributed by atoms with Crippen LogP contribution < -0.4 is 10.2 Å². The Labute approximate surface area is 106 Å². The van der Waals surface area contributed by atoms with E-state index in [-0.39, 0.29) is 0 Å². The molecule has 2 heteroatoms. The highest BCUT2D eigenvalue weighted by Gasteiger charge is 2.09. The molecule has 0 saturated carbocycles. The largest absolute Gasteiger partial charge is 0.373 e. The van der Waals surface area contributed by atoms with E-state index in [0.29, 0.717) is 6.04 Å². The first-order valence-corrected chi connectivity index (χ1v) is 6.77. The van der Waals surface area contributed by atoms with Crippen LogP contribution in [0.1, 0.15) is 33.1 Å². The third-order valence-electron chi connectivity index (χ3n) is 3.01. The number of para-hydroxylation sites is 1. The summed E-state index contributed by atoms with van der Waals surface area (Å²) >= 11 is 0. The van der Waals surface area contributed by atoms with E-state index in [1.54, 1.807) is 0 Å². The van der Waals surface area contributed by atoms with Gasteiger partial charge in [0.1, 0.15) is 0 Å². The number of anilines is 1. The third-order valence-corrected chi connectivity index (χ3v) is 3.01. The molecular weight excluding hydrogens is 208 g/mol. The third kappa shape index (κ3) is 5.22. The van der Waals surface area contributed by atoms with E-state index >= 15 is 0 Å². The van der Waals surface area contributed by atoms with Crippen LogP contribution in [-0.2, 0) is 0 Å². The van der Waals surface area contributed by atoms with E-state index in [4.69, 9.17) is 0 Å². The van der Waals surface area contributed by atoms with E-state index in [1.165, 1.54) is 24.9 Å². The molecule has 1 unspecified atom stereocenters. The Morgan fingerprint density at radius 1 is 1.12 bits per heavy atom. The summed E-state index contributed by atoms with van der Waals surface area (Å²) in [6, 6.07) is 11.2. The average molecular weight is 234 g/mol. The zero-order valence-electron chi connectivity index (χ0n) is 11.4. The molecule has 1 N–H and O–H groups in total. The minimum Gasteiger partial charge on any atom is -0.373 e. The number of hydrogen-bond acceptors (Lipinski definition) is 2. The van der Waals surface area contributed by atoms with Crippen molar-refractivity contribution >= 4 is 5.69 Å². The summed E-state index contributed by atoms with van der Waals surface area (Å²) in [4.78, 5) is 2.34. The van der Waals surface area contributed by atoms with E-state index in [1.807, 2.05) is 0 Å². The SMILES string of the molecule is CCCNC(CCC)CN(C)c1ccccc1. The Bertz CT molecular complexity index is 284. The lowest BCUT2D eigenvalue weighted by Gasteiger charge is -2.26. The summed E-state index contributed by atoms with van der Waals surface area (Å²) in [5.74, 6) is 0. The predicted molar refractivity (Wildman–Crippen MR) is 76.7 cm³/mol. The Kier molecular flexibility index (Phi) is 6.71. The molecule has 0 aliphatic heterocycles. The monoisotopic (exact) mass is 234 g/mol. The molecule has 1 aromatic rings. The molecule has 2 nitrogen and oxygen atoms in total. The molecule has 0 spiro atoms. The van der Waals surface area contributed by atoms with Gasteiger partial charge in [0.15, 0.2) is 0 Å². The van der Waals surface area contributed by atoms with E-state index in [0.717, 1.165) is 13.1 Å². The molecule has 0 saturated heterocycles. The average Bonchev–Trinajstić information content (AvgIpc) is 2.37. The number of rotatable bonds is 8. The molecule has 0 aromatic heterocycles. The first-order chi connectivity index (χ1) is 8.27. The van der Waals surface area contributed by atoms with E-state index < -0.39 is 0 Å². The molecule has 1 rings (SSSR count). The van der Waals surface area contributed by atoms with Crippen molar-refractivity contribution in [2.45, 2.75) is 39.2 Å². The highest BCUT2D eigenvalue weighted by molar-refractivity contribution is 5.45. The van der Waals surface area contributed by atoms with Gasteiger partial charge in [0.25, 0.3) is 0 Å². The summed E-state index contributed by atoms with van der Waals surface area (Å²) in [7, 11) is 2.17. The van der Waals surface area contributed by atoms with Gasteiger partial charge in [-0.15, -0.1) is 0 Å². The molecule has 96 valence electrons. The van der Waals surface area contributed by atoms with Gasteiger partial charge in [0, 0.05) is 25.3 Å². The van der Waals surface area contributed by atoms with Crippen LogP contribution in [0.2, 0.25) is 0 Å². The smallest absolute Gasteiger partial charge is 0.0364 e. The van der Waals surface area contributed by atoms with Crippen molar-refractivity contribution in [1.29, 1.82) is 0 Å². The fourth-order valence-corrected chi connectivity index (χ4v) is 2.07. The second-order valence-electron chi connectivity index (χ2n) is 4.66. The molecule has 0 aliphatic carbocycles. The number of nitrogens with one attached hydrogen (secondary N) is 1. The number of benzene rings is 1. The van der Waals surface area contributed by atoms with Crippen molar-refractivity contribution in [2.24, 2.45) is 0 Å². The Morgan fingerprint density at radius 3 is 2.41 bits per heavy atom. The lowest BCUT2D eigenvalue weighted by atomic mass is 10.1. The maximum absolute atomic E-state index is 3.63. The fourth-order valence-electron chi connectivity index (χ4n) is 2.07. The van der Waals surface area contributed by atoms with Gasteiger partial charge in [0.2, 0.25) is 0 Å². The summed E-state index contributed by atoms with van der Waals surface area (Å²) in [5, 5.41) is 3.63. The predicted octanol–water partition coefficient (Wildman–Crippen LogP) is 3.29. The highest BCUT2D eigenvalue weighted by Crippen LogP contribution is 2.12. The van der Waals surface area contributed by atoms with Crippen molar-refractivity contribution < 1.29 is 0 Å². The van der Waals surface area contributed by atoms with E-state index in [2.05, 4.69) is 61.4 Å². The zero-order chi connectivity index (χ0) is 12.5. The van der Waals surface area contributed by atoms with Gasteiger partial charge in [-0.25, -0.2) is 0 Å². The van der Waals surface area contributed by atoms with Crippen LogP contribution in [0, 0.1) is 0 Å². The van der Waals surface area contributed by atoms with Crippen LogP contribution in [0.15, 0.2) is 30.3 Å². The summed E-state index contributed by atoms with van der Waals surface area (Å²) in [6.45, 7) is 6.67. The van der Waals surface area contributed by atoms with Gasteiger partial charge < -0.3 is 10.2 Å². The molecule has 0 fully saturated rings. The Hall–Kier alpha value is -1.02. The molecule has 0 heterocycles. The lowest BCUT2D eigenvalue weighted by Crippen LogP contribution is -2.39. The second kappa shape index (κ2) is 8.13. The summed E-state index contributed by atoms with van der Waals surface area (Å²) < 4.78 is 0. The Morgan fingerprint density at radius 2 is 1.82 bits per heavy atom. The lowest BCUT2D eigenvalue weighted by molar-refractivity contribution is 0.476. The Balaban J connectivity index is 2.48. The minimum atomic E-state index is 0.602. The van der Waals surface area contributed by atoms with Gasteiger partial charge in [0.05, 0.1) is 0 Å². The topological polar surface area (TPSA) is 15.3 Å². The highest BCUT2D eigenvalue weighted by atomic mass is 15.1. The van der Waals surface area contributed by atoms with Crippen molar-refractivity contribution in [3.63, 3.8) is 0 Å². The quantitative estimate of drug-likeness (QED) is 0.742. The zero-order valence-corrected chi connectivity index (χ0v) is 11.4. The van der Waals surface area contributed by atoms with Gasteiger partial charge >= 0.3 is 0 Å². The number of nitrogens with zero attached hydrogens (tertiary/aromatic N) is 1. The van der Waals surface area contributed by atoms with Crippen LogP contribution >= 0.6 is 0 Å². The summed E-state index contributed by atoms with van der Waals surface area (Å²) in [6.07, 6.45) is 3.69. The maximum Gasteiger partial charge on any atom is 0.0364 e. The standard InChI is InChI=1S/C15H26N2/c1-4-9-14(16-12-5-2)13-17(3)15-10-7-6-8-11-15/h6-8,10-11,14,16H,4-5,9,12-13H2,1-3H3. The molecular formula is C15H26N2. The van der Waals surface area contributed by atoms with Gasteiger partial charge in [-0.3, -0.25) is 0 Å². The molecule has 17 heavy (non-hydrogen) atoms. The van der Waals surface area contributed by atoms with Crippen molar-refractivity contribution in [3.05, 3.63) is 30.3 Å². The number of hydrogen-bond donors (Lipinski definition) is 1. The first kappa shape index (κ1) is 14.0. The van der Waals surface area contributed by atoms with Crippen LogP contribution in [0.5, 0.6) is 0 Å². The van der Waals surface area contributed by atoms with Crippen LogP contribution in [0.3, 0.4) is 0 Å². The molecule has 1 atom stereocenters. The first-order valence-electron chi connectivity index (χ1n) is 6.77. The molecule has 0 amide bonds. The molecule has 0 bridgehead atoms. The normalized spacial score (nSPS) is 12.4. The van der Waals surface area contributed by atoms with Crippen LogP contribution in [-0.4, -0.2) is 26.2 Å².